The van der Waals surface area contributed by atoms with Gasteiger partial charge in [0.05, 0.1) is 0 Å². The molecule has 0 aliphatic carbocycles. The van der Waals surface area contributed by atoms with Gasteiger partial charge in [-0.05, 0) is 17.5 Å². The lowest BCUT2D eigenvalue weighted by Gasteiger charge is -2.10. The molecule has 0 aliphatic heterocycles. The normalized spacial score (nSPS) is 12.2. The lowest BCUT2D eigenvalue weighted by molar-refractivity contribution is -0.117. The van der Waals surface area contributed by atoms with Gasteiger partial charge in [-0.1, -0.05) is 18.5 Å². The van der Waals surface area contributed by atoms with E-state index in [-0.39, 0.29) is 22.3 Å². The van der Waals surface area contributed by atoms with Crippen LogP contribution in [-0.2, 0) is 9.53 Å². The second-order valence-corrected chi connectivity index (χ2v) is 4.38. The van der Waals surface area contributed by atoms with E-state index in [1.54, 1.807) is 7.11 Å². The van der Waals surface area contributed by atoms with Gasteiger partial charge >= 0.3 is 0 Å². The summed E-state index contributed by atoms with van der Waals surface area (Å²) in [5, 5.41) is 2.78. The lowest BCUT2D eigenvalue weighted by Crippen LogP contribution is -2.18. The largest absolute Gasteiger partial charge is 0.384 e. The Kier molecular flexibility index (Phi) is 5.61. The van der Waals surface area contributed by atoms with Crippen LogP contribution in [0, 0.1) is 5.92 Å². The van der Waals surface area contributed by atoms with Crippen LogP contribution in [0.15, 0.2) is 6.07 Å². The third kappa shape index (κ3) is 5.30. The molecule has 1 heterocycles. The first kappa shape index (κ1) is 14.2. The molecule has 17 heavy (non-hydrogen) atoms. The van der Waals surface area contributed by atoms with E-state index in [1.807, 2.05) is 6.92 Å². The summed E-state index contributed by atoms with van der Waals surface area (Å²) in [7, 11) is 1.60. The van der Waals surface area contributed by atoms with Crippen molar-refractivity contribution in [2.75, 3.05) is 19.0 Å². The number of rotatable bonds is 5. The first-order chi connectivity index (χ1) is 8.01. The molecule has 0 bridgehead atoms. The predicted octanol–water partition coefficient (Wildman–Crippen LogP) is 2.39. The number of carbonyl (C=O) groups is 1. The monoisotopic (exact) mass is 277 g/mol. The van der Waals surface area contributed by atoms with Gasteiger partial charge in [0.15, 0.2) is 0 Å². The standard InChI is InChI=1S/C10H13Cl2N3O2/c1-6(5-17-2)3-9(16)14-8-4-7(11)13-10(12)15-8/h4,6H,3,5H2,1-2H3,(H,13,14,15,16). The SMILES string of the molecule is COCC(C)CC(=O)Nc1cc(Cl)nc(Cl)n1. The average Bonchev–Trinajstić information content (AvgIpc) is 2.14. The number of hydrogen-bond acceptors (Lipinski definition) is 4. The van der Waals surface area contributed by atoms with Crippen LogP contribution >= 0.6 is 23.2 Å². The second kappa shape index (κ2) is 6.74. The molecule has 1 aromatic rings. The van der Waals surface area contributed by atoms with Crippen molar-refractivity contribution in [3.63, 3.8) is 0 Å². The van der Waals surface area contributed by atoms with Gasteiger partial charge < -0.3 is 10.1 Å². The van der Waals surface area contributed by atoms with Crippen molar-refractivity contribution in [3.8, 4) is 0 Å². The van der Waals surface area contributed by atoms with Gasteiger partial charge in [-0.15, -0.1) is 0 Å². The molecule has 94 valence electrons. The van der Waals surface area contributed by atoms with Crippen molar-refractivity contribution >= 4 is 34.9 Å². The fourth-order valence-corrected chi connectivity index (χ4v) is 1.72. The maximum absolute atomic E-state index is 11.6. The molecule has 0 aromatic carbocycles. The zero-order chi connectivity index (χ0) is 12.8. The minimum atomic E-state index is -0.166. The molecule has 7 heteroatoms. The number of nitrogens with one attached hydrogen (secondary N) is 1. The van der Waals surface area contributed by atoms with E-state index in [0.29, 0.717) is 18.8 Å². The number of anilines is 1. The third-order valence-corrected chi connectivity index (χ3v) is 2.28. The minimum absolute atomic E-state index is 0.00209. The number of methoxy groups -OCH3 is 1. The fourth-order valence-electron chi connectivity index (χ4n) is 1.31. The zero-order valence-corrected chi connectivity index (χ0v) is 11.0. The van der Waals surface area contributed by atoms with Gasteiger partial charge in [-0.3, -0.25) is 4.79 Å². The molecule has 1 amide bonds. The first-order valence-corrected chi connectivity index (χ1v) is 5.75. The van der Waals surface area contributed by atoms with E-state index in [9.17, 15) is 4.79 Å². The number of hydrogen-bond donors (Lipinski definition) is 1. The van der Waals surface area contributed by atoms with Crippen LogP contribution in [-0.4, -0.2) is 29.6 Å². The Balaban J connectivity index is 2.56. The molecule has 1 atom stereocenters. The van der Waals surface area contributed by atoms with Gasteiger partial charge in [-0.2, -0.15) is 0 Å². The van der Waals surface area contributed by atoms with E-state index in [0.717, 1.165) is 0 Å². The second-order valence-electron chi connectivity index (χ2n) is 3.66. The van der Waals surface area contributed by atoms with Gasteiger partial charge in [-0.25, -0.2) is 9.97 Å². The maximum Gasteiger partial charge on any atom is 0.225 e. The highest BCUT2D eigenvalue weighted by Crippen LogP contribution is 2.15. The van der Waals surface area contributed by atoms with Crippen molar-refractivity contribution in [1.29, 1.82) is 0 Å². The Morgan fingerprint density at radius 1 is 1.53 bits per heavy atom. The molecule has 0 radical (unpaired) electrons. The maximum atomic E-state index is 11.6. The summed E-state index contributed by atoms with van der Waals surface area (Å²) in [5.41, 5.74) is 0. The van der Waals surface area contributed by atoms with E-state index in [2.05, 4.69) is 15.3 Å². The number of ether oxygens (including phenoxy) is 1. The summed E-state index contributed by atoms with van der Waals surface area (Å²) < 4.78 is 4.95. The Bertz CT molecular complexity index is 381. The van der Waals surface area contributed by atoms with Crippen LogP contribution in [0.3, 0.4) is 0 Å². The minimum Gasteiger partial charge on any atom is -0.384 e. The van der Waals surface area contributed by atoms with Crippen LogP contribution < -0.4 is 5.32 Å². The molecule has 1 unspecified atom stereocenters. The zero-order valence-electron chi connectivity index (χ0n) is 9.54. The number of carbonyl (C=O) groups excluding carboxylic acids is 1. The van der Waals surface area contributed by atoms with Gasteiger partial charge in [0, 0.05) is 26.2 Å². The highest BCUT2D eigenvalue weighted by Gasteiger charge is 2.10. The third-order valence-electron chi connectivity index (χ3n) is 1.92. The van der Waals surface area contributed by atoms with Crippen LogP contribution in [0.1, 0.15) is 13.3 Å². The number of halogens is 2. The van der Waals surface area contributed by atoms with Gasteiger partial charge in [0.2, 0.25) is 11.2 Å². The van der Waals surface area contributed by atoms with E-state index < -0.39 is 0 Å². The number of aromatic nitrogens is 2. The smallest absolute Gasteiger partial charge is 0.225 e. The molecule has 1 aromatic heterocycles. The van der Waals surface area contributed by atoms with E-state index >= 15 is 0 Å². The van der Waals surface area contributed by atoms with Crippen molar-refractivity contribution in [2.45, 2.75) is 13.3 Å². The molecular formula is C10H13Cl2N3O2. The van der Waals surface area contributed by atoms with Crippen LogP contribution in [0.2, 0.25) is 10.4 Å². The van der Waals surface area contributed by atoms with Crippen LogP contribution in [0.5, 0.6) is 0 Å². The molecule has 0 spiro atoms. The van der Waals surface area contributed by atoms with E-state index in [1.165, 1.54) is 6.07 Å². The molecular weight excluding hydrogens is 265 g/mol. The highest BCUT2D eigenvalue weighted by molar-refractivity contribution is 6.32. The van der Waals surface area contributed by atoms with Crippen molar-refractivity contribution in [3.05, 3.63) is 16.5 Å². The Morgan fingerprint density at radius 3 is 2.82 bits per heavy atom. The number of amides is 1. The summed E-state index contributed by atoms with van der Waals surface area (Å²) in [6.45, 7) is 2.45. The summed E-state index contributed by atoms with van der Waals surface area (Å²) in [6, 6.07) is 1.44. The van der Waals surface area contributed by atoms with Crippen LogP contribution in [0.4, 0.5) is 5.82 Å². The summed E-state index contributed by atoms with van der Waals surface area (Å²) in [4.78, 5) is 19.1. The lowest BCUT2D eigenvalue weighted by atomic mass is 10.1. The predicted molar refractivity (Wildman–Crippen MR) is 66.3 cm³/mol. The molecule has 1 N–H and O–H groups in total. The van der Waals surface area contributed by atoms with Gasteiger partial charge in [0.1, 0.15) is 11.0 Å². The molecule has 0 saturated heterocycles. The first-order valence-electron chi connectivity index (χ1n) is 5.00. The molecule has 0 aliphatic rings. The summed E-state index contributed by atoms with van der Waals surface area (Å²) >= 11 is 11.3. The molecule has 1 rings (SSSR count). The van der Waals surface area contributed by atoms with Crippen molar-refractivity contribution < 1.29 is 9.53 Å². The summed E-state index contributed by atoms with van der Waals surface area (Å²) in [5.74, 6) is 0.262. The van der Waals surface area contributed by atoms with Crippen LogP contribution in [0.25, 0.3) is 0 Å². The highest BCUT2D eigenvalue weighted by atomic mass is 35.5. The average molecular weight is 278 g/mol. The fraction of sp³-hybridized carbons (Fsp3) is 0.500. The molecule has 0 fully saturated rings. The number of nitrogens with zero attached hydrogens (tertiary/aromatic N) is 2. The van der Waals surface area contributed by atoms with Gasteiger partial charge in [0.25, 0.3) is 0 Å². The molecule has 0 saturated carbocycles. The van der Waals surface area contributed by atoms with Crippen molar-refractivity contribution in [1.82, 2.24) is 9.97 Å². The van der Waals surface area contributed by atoms with E-state index in [4.69, 9.17) is 27.9 Å². The Hall–Kier alpha value is -0.910. The Labute approximate surface area is 109 Å². The van der Waals surface area contributed by atoms with Crippen molar-refractivity contribution in [2.24, 2.45) is 5.92 Å². The summed E-state index contributed by atoms with van der Waals surface area (Å²) in [6.07, 6.45) is 0.340. The Morgan fingerprint density at radius 2 is 2.24 bits per heavy atom. The topological polar surface area (TPSA) is 64.1 Å². The molecule has 5 nitrogen and oxygen atoms in total. The quantitative estimate of drug-likeness (QED) is 0.663.